The van der Waals surface area contributed by atoms with E-state index < -0.39 is 18.2 Å². The molecule has 0 aliphatic carbocycles. The molecule has 1 saturated heterocycles. The molecule has 5 nitrogen and oxygen atoms in total. The Labute approximate surface area is 158 Å². The summed E-state index contributed by atoms with van der Waals surface area (Å²) in [7, 11) is 0. The SMILES string of the molecule is OC[C@@H]1[C@@H](O)[C@@H](O)[C@H](Cc2ccccc2)N1Cc1ccc2ncccc2c1. The van der Waals surface area contributed by atoms with E-state index in [9.17, 15) is 15.3 Å². The zero-order chi connectivity index (χ0) is 18.8. The van der Waals surface area contributed by atoms with Crippen molar-refractivity contribution < 1.29 is 15.3 Å². The van der Waals surface area contributed by atoms with Crippen molar-refractivity contribution in [3.8, 4) is 0 Å². The van der Waals surface area contributed by atoms with Crippen molar-refractivity contribution in [2.75, 3.05) is 6.61 Å². The summed E-state index contributed by atoms with van der Waals surface area (Å²) in [4.78, 5) is 6.37. The third-order valence-corrected chi connectivity index (χ3v) is 5.50. The van der Waals surface area contributed by atoms with Crippen LogP contribution in [0.4, 0.5) is 0 Å². The third-order valence-electron chi connectivity index (χ3n) is 5.50. The van der Waals surface area contributed by atoms with Crippen molar-refractivity contribution in [2.45, 2.75) is 37.3 Å². The van der Waals surface area contributed by atoms with Crippen LogP contribution in [0.15, 0.2) is 66.9 Å². The van der Waals surface area contributed by atoms with Crippen LogP contribution in [0.25, 0.3) is 10.9 Å². The van der Waals surface area contributed by atoms with E-state index in [2.05, 4.69) is 11.1 Å². The van der Waals surface area contributed by atoms with Gasteiger partial charge in [0.15, 0.2) is 0 Å². The normalized spacial score (nSPS) is 25.9. The van der Waals surface area contributed by atoms with E-state index in [1.54, 1.807) is 6.20 Å². The Kier molecular flexibility index (Phi) is 5.18. The number of rotatable bonds is 5. The van der Waals surface area contributed by atoms with Crippen LogP contribution in [0.5, 0.6) is 0 Å². The molecule has 0 spiro atoms. The number of fused-ring (bicyclic) bond motifs is 1. The fourth-order valence-electron chi connectivity index (χ4n) is 4.07. The van der Waals surface area contributed by atoms with Gasteiger partial charge >= 0.3 is 0 Å². The van der Waals surface area contributed by atoms with Crippen LogP contribution in [0.2, 0.25) is 0 Å². The van der Waals surface area contributed by atoms with E-state index >= 15 is 0 Å². The van der Waals surface area contributed by atoms with E-state index in [4.69, 9.17) is 0 Å². The van der Waals surface area contributed by atoms with Crippen LogP contribution in [0.1, 0.15) is 11.1 Å². The van der Waals surface area contributed by atoms with Gasteiger partial charge in [-0.3, -0.25) is 9.88 Å². The van der Waals surface area contributed by atoms with Gasteiger partial charge in [0.25, 0.3) is 0 Å². The molecule has 3 N–H and O–H groups in total. The number of nitrogens with zero attached hydrogens (tertiary/aromatic N) is 2. The summed E-state index contributed by atoms with van der Waals surface area (Å²) in [5.74, 6) is 0. The Morgan fingerprint density at radius 2 is 1.63 bits per heavy atom. The molecule has 2 heterocycles. The summed E-state index contributed by atoms with van der Waals surface area (Å²) < 4.78 is 0. The number of hydrogen-bond donors (Lipinski definition) is 3. The molecule has 2 aromatic carbocycles. The lowest BCUT2D eigenvalue weighted by atomic mass is 10.0. The summed E-state index contributed by atoms with van der Waals surface area (Å²) in [6.07, 6.45) is 0.521. The molecule has 0 saturated carbocycles. The quantitative estimate of drug-likeness (QED) is 0.643. The van der Waals surface area contributed by atoms with Crippen LogP contribution in [-0.4, -0.2) is 56.1 Å². The van der Waals surface area contributed by atoms with Crippen molar-refractivity contribution in [1.82, 2.24) is 9.88 Å². The minimum Gasteiger partial charge on any atom is -0.395 e. The summed E-state index contributed by atoms with van der Waals surface area (Å²) in [6.45, 7) is 0.348. The van der Waals surface area contributed by atoms with Crippen LogP contribution in [0.3, 0.4) is 0 Å². The van der Waals surface area contributed by atoms with Crippen LogP contribution in [-0.2, 0) is 13.0 Å². The Morgan fingerprint density at radius 1 is 0.852 bits per heavy atom. The highest BCUT2D eigenvalue weighted by molar-refractivity contribution is 5.78. The second-order valence-electron chi connectivity index (χ2n) is 7.19. The number of hydrogen-bond acceptors (Lipinski definition) is 5. The fourth-order valence-corrected chi connectivity index (χ4v) is 4.07. The average Bonchev–Trinajstić information content (AvgIpc) is 2.92. The second-order valence-corrected chi connectivity index (χ2v) is 7.19. The number of likely N-dealkylation sites (tertiary alicyclic amines) is 1. The number of pyridine rings is 1. The Hall–Kier alpha value is -2.31. The maximum atomic E-state index is 10.6. The van der Waals surface area contributed by atoms with Crippen LogP contribution in [0, 0.1) is 0 Å². The predicted molar refractivity (Wildman–Crippen MR) is 104 cm³/mol. The molecular formula is C22H24N2O3. The van der Waals surface area contributed by atoms with E-state index in [-0.39, 0.29) is 12.6 Å². The van der Waals surface area contributed by atoms with Gasteiger partial charge in [0.2, 0.25) is 0 Å². The molecule has 1 aromatic heterocycles. The molecule has 0 amide bonds. The molecule has 140 valence electrons. The molecular weight excluding hydrogens is 340 g/mol. The fraction of sp³-hybridized carbons (Fsp3) is 0.318. The van der Waals surface area contributed by atoms with Crippen molar-refractivity contribution in [3.63, 3.8) is 0 Å². The molecule has 1 aliphatic heterocycles. The van der Waals surface area contributed by atoms with Gasteiger partial charge in [-0.05, 0) is 35.7 Å². The lowest BCUT2D eigenvalue weighted by molar-refractivity contribution is 0.0178. The zero-order valence-electron chi connectivity index (χ0n) is 15.0. The highest BCUT2D eigenvalue weighted by Crippen LogP contribution is 2.30. The first-order valence-corrected chi connectivity index (χ1v) is 9.27. The number of benzene rings is 2. The van der Waals surface area contributed by atoms with Gasteiger partial charge in [-0.25, -0.2) is 0 Å². The van der Waals surface area contributed by atoms with E-state index in [0.717, 1.165) is 22.0 Å². The zero-order valence-corrected chi connectivity index (χ0v) is 15.0. The van der Waals surface area contributed by atoms with Gasteiger partial charge in [-0.1, -0.05) is 42.5 Å². The summed E-state index contributed by atoms with van der Waals surface area (Å²) in [5.41, 5.74) is 3.09. The molecule has 1 aliphatic rings. The topological polar surface area (TPSA) is 76.8 Å². The molecule has 4 rings (SSSR count). The van der Waals surface area contributed by atoms with Gasteiger partial charge < -0.3 is 15.3 Å². The Balaban J connectivity index is 1.63. The van der Waals surface area contributed by atoms with Crippen molar-refractivity contribution in [1.29, 1.82) is 0 Å². The molecule has 5 heteroatoms. The van der Waals surface area contributed by atoms with Crippen LogP contribution >= 0.6 is 0 Å². The predicted octanol–water partition coefficient (Wildman–Crippen LogP) is 1.74. The summed E-state index contributed by atoms with van der Waals surface area (Å²) >= 11 is 0. The van der Waals surface area contributed by atoms with Gasteiger partial charge in [0.05, 0.1) is 30.4 Å². The summed E-state index contributed by atoms with van der Waals surface area (Å²) in [6, 6.07) is 19.2. The summed E-state index contributed by atoms with van der Waals surface area (Å²) in [5, 5.41) is 32.0. The third kappa shape index (κ3) is 3.59. The van der Waals surface area contributed by atoms with E-state index in [1.807, 2.05) is 59.5 Å². The molecule has 0 unspecified atom stereocenters. The monoisotopic (exact) mass is 364 g/mol. The van der Waals surface area contributed by atoms with Crippen molar-refractivity contribution in [2.24, 2.45) is 0 Å². The van der Waals surface area contributed by atoms with Crippen molar-refractivity contribution in [3.05, 3.63) is 78.0 Å². The molecule has 4 atom stereocenters. The minimum absolute atomic E-state index is 0.196. The standard InChI is InChI=1S/C22H24N2O3/c25-14-20-22(27)21(26)19(12-15-5-2-1-3-6-15)24(20)13-16-8-9-18-17(11-16)7-4-10-23-18/h1-11,19-22,25-27H,12-14H2/t19-,20+,21-,22+/m0/s1. The highest BCUT2D eigenvalue weighted by atomic mass is 16.3. The van der Waals surface area contributed by atoms with E-state index in [0.29, 0.717) is 13.0 Å². The van der Waals surface area contributed by atoms with Gasteiger partial charge in [-0.15, -0.1) is 0 Å². The van der Waals surface area contributed by atoms with Crippen LogP contribution < -0.4 is 0 Å². The van der Waals surface area contributed by atoms with Gasteiger partial charge in [0.1, 0.15) is 0 Å². The average molecular weight is 364 g/mol. The maximum Gasteiger partial charge on any atom is 0.0991 e. The van der Waals surface area contributed by atoms with E-state index in [1.165, 1.54) is 0 Å². The first-order valence-electron chi connectivity index (χ1n) is 9.27. The molecule has 3 aromatic rings. The minimum atomic E-state index is -0.967. The van der Waals surface area contributed by atoms with Gasteiger partial charge in [-0.2, -0.15) is 0 Å². The molecule has 0 bridgehead atoms. The Bertz CT molecular complexity index is 902. The smallest absolute Gasteiger partial charge is 0.0991 e. The largest absolute Gasteiger partial charge is 0.395 e. The highest BCUT2D eigenvalue weighted by Gasteiger charge is 2.46. The first kappa shape index (κ1) is 18.1. The number of aliphatic hydroxyl groups excluding tert-OH is 3. The maximum absolute atomic E-state index is 10.6. The lowest BCUT2D eigenvalue weighted by Gasteiger charge is -2.30. The molecule has 1 fully saturated rings. The molecule has 27 heavy (non-hydrogen) atoms. The van der Waals surface area contributed by atoms with Gasteiger partial charge in [0, 0.05) is 24.2 Å². The first-order chi connectivity index (χ1) is 13.2. The number of aromatic nitrogens is 1. The Morgan fingerprint density at radius 3 is 2.41 bits per heavy atom. The molecule has 0 radical (unpaired) electrons. The lowest BCUT2D eigenvalue weighted by Crippen LogP contribution is -2.41. The number of aliphatic hydroxyl groups is 3. The van der Waals surface area contributed by atoms with Crippen molar-refractivity contribution >= 4 is 10.9 Å². The second kappa shape index (κ2) is 7.74.